The first-order chi connectivity index (χ1) is 21.0. The number of fused-ring (bicyclic) bond motifs is 1. The highest BCUT2D eigenvalue weighted by Crippen LogP contribution is 2.32. The maximum Gasteiger partial charge on any atom is 0.329 e. The lowest BCUT2D eigenvalue weighted by molar-refractivity contribution is -0.147. The molecule has 10 nitrogen and oxygen atoms in total. The fourth-order valence-corrected chi connectivity index (χ4v) is 6.68. The van der Waals surface area contributed by atoms with Crippen molar-refractivity contribution in [3.8, 4) is 0 Å². The minimum atomic E-state index is -4.30. The maximum absolute atomic E-state index is 13.9. The van der Waals surface area contributed by atoms with Crippen molar-refractivity contribution >= 4 is 89.5 Å². The van der Waals surface area contributed by atoms with E-state index >= 15 is 0 Å². The van der Waals surface area contributed by atoms with E-state index in [4.69, 9.17) is 27.9 Å². The van der Waals surface area contributed by atoms with E-state index in [2.05, 4.69) is 39.7 Å². The van der Waals surface area contributed by atoms with Crippen molar-refractivity contribution in [1.29, 1.82) is 0 Å². The molecule has 0 saturated heterocycles. The summed E-state index contributed by atoms with van der Waals surface area (Å²) in [6, 6.07) is 13.1. The van der Waals surface area contributed by atoms with Gasteiger partial charge in [-0.15, -0.1) is 0 Å². The predicted molar refractivity (Wildman–Crippen MR) is 168 cm³/mol. The zero-order valence-electron chi connectivity index (χ0n) is 22.1. The van der Waals surface area contributed by atoms with Gasteiger partial charge >= 0.3 is 5.97 Å². The molecule has 2 N–H and O–H groups in total. The zero-order chi connectivity index (χ0) is 31.4. The Bertz CT molecular complexity index is 1980. The summed E-state index contributed by atoms with van der Waals surface area (Å²) in [4.78, 5) is 30.7. The lowest BCUT2D eigenvalue weighted by atomic mass is 10.0. The van der Waals surface area contributed by atoms with E-state index in [0.29, 0.717) is 16.6 Å². The van der Waals surface area contributed by atoms with Crippen LogP contribution in [-0.2, 0) is 32.6 Å². The highest BCUT2D eigenvalue weighted by Gasteiger charge is 2.28. The second-order valence-electron chi connectivity index (χ2n) is 9.25. The van der Waals surface area contributed by atoms with E-state index in [-0.39, 0.29) is 49.2 Å². The number of nitrogens with zero attached hydrogens (tertiary/aromatic N) is 3. The van der Waals surface area contributed by atoms with Gasteiger partial charge in [-0.3, -0.25) is 14.5 Å². The molecule has 1 amide bonds. The Morgan fingerprint density at radius 3 is 2.57 bits per heavy atom. The molecule has 3 aromatic carbocycles. The summed E-state index contributed by atoms with van der Waals surface area (Å²) in [7, 11) is -4.30. The minimum absolute atomic E-state index is 0.0296. The van der Waals surface area contributed by atoms with Crippen LogP contribution in [0.3, 0.4) is 0 Å². The Balaban J connectivity index is 1.45. The van der Waals surface area contributed by atoms with E-state index in [1.54, 1.807) is 24.4 Å². The van der Waals surface area contributed by atoms with Crippen LogP contribution in [-0.4, -0.2) is 40.1 Å². The van der Waals surface area contributed by atoms with Crippen molar-refractivity contribution in [3.63, 3.8) is 0 Å². The molecule has 0 saturated carbocycles. The number of esters is 1. The van der Waals surface area contributed by atoms with Crippen LogP contribution in [0.15, 0.2) is 82.4 Å². The predicted octanol–water partition coefficient (Wildman–Crippen LogP) is 6.18. The molecule has 226 valence electrons. The molecule has 0 unspecified atom stereocenters. The van der Waals surface area contributed by atoms with Gasteiger partial charge in [0.05, 0.1) is 37.5 Å². The number of hydrogen-bond donors (Lipinski definition) is 2. The van der Waals surface area contributed by atoms with Crippen molar-refractivity contribution in [2.45, 2.75) is 24.0 Å². The van der Waals surface area contributed by atoms with E-state index in [1.807, 2.05) is 0 Å². The lowest BCUT2D eigenvalue weighted by Gasteiger charge is -2.20. The topological polar surface area (TPSA) is 140 Å². The number of aromatic nitrogens is 3. The van der Waals surface area contributed by atoms with E-state index in [0.717, 1.165) is 11.7 Å². The molecule has 0 fully saturated rings. The number of hydrogen-bond acceptors (Lipinski definition) is 9. The number of anilines is 1. The number of amides is 1. The van der Waals surface area contributed by atoms with E-state index < -0.39 is 33.8 Å². The number of benzene rings is 3. The van der Waals surface area contributed by atoms with Crippen LogP contribution in [0.25, 0.3) is 11.0 Å². The molecule has 0 bridgehead atoms. The molecule has 0 aliphatic rings. The Morgan fingerprint density at radius 1 is 1.02 bits per heavy atom. The summed E-state index contributed by atoms with van der Waals surface area (Å²) in [5.74, 6) is -2.17. The number of sulfonamides is 1. The van der Waals surface area contributed by atoms with Gasteiger partial charge in [0.2, 0.25) is 0 Å². The average Bonchev–Trinajstić information content (AvgIpc) is 3.48. The summed E-state index contributed by atoms with van der Waals surface area (Å²) in [5.41, 5.74) is 1.22. The summed E-state index contributed by atoms with van der Waals surface area (Å²) in [6.45, 7) is -0.124. The summed E-state index contributed by atoms with van der Waals surface area (Å²) in [5, 5.41) is 2.53. The number of rotatable bonds is 10. The molecular weight excluding hydrogens is 720 g/mol. The molecule has 0 aliphatic carbocycles. The zero-order valence-corrected chi connectivity index (χ0v) is 26.9. The Morgan fingerprint density at radius 2 is 1.82 bits per heavy atom. The van der Waals surface area contributed by atoms with Crippen LogP contribution in [0.1, 0.15) is 21.5 Å². The quantitative estimate of drug-likeness (QED) is 0.162. The van der Waals surface area contributed by atoms with Crippen LogP contribution in [0.2, 0.25) is 10.0 Å². The normalized spacial score (nSPS) is 12.1. The first-order valence-corrected chi connectivity index (χ1v) is 16.3. The van der Waals surface area contributed by atoms with Crippen molar-refractivity contribution in [2.24, 2.45) is 0 Å². The molecule has 0 radical (unpaired) electrons. The first-order valence-electron chi connectivity index (χ1n) is 12.6. The fourth-order valence-electron chi connectivity index (χ4n) is 4.09. The molecule has 16 heteroatoms. The summed E-state index contributed by atoms with van der Waals surface area (Å²) < 4.78 is 56.9. The molecule has 2 heterocycles. The van der Waals surface area contributed by atoms with Gasteiger partial charge in [-0.05, 0) is 64.0 Å². The third kappa shape index (κ3) is 7.33. The number of pyridine rings is 1. The third-order valence-electron chi connectivity index (χ3n) is 6.21. The highest BCUT2D eigenvalue weighted by molar-refractivity contribution is 9.10. The SMILES string of the molecule is O=C(N[C@@H](Cc1ccc(F)c(Br)c1)C(=O)OCc1cccnc1)c1cc(Cl)c(Cl)cc1NS(=O)(=O)c1cccc2nsnc12. The fraction of sp³-hybridized carbons (Fsp3) is 0.107. The van der Waals surface area contributed by atoms with Crippen LogP contribution in [0.4, 0.5) is 10.1 Å². The van der Waals surface area contributed by atoms with Crippen LogP contribution in [0.5, 0.6) is 0 Å². The van der Waals surface area contributed by atoms with Crippen LogP contribution in [0, 0.1) is 5.82 Å². The lowest BCUT2D eigenvalue weighted by Crippen LogP contribution is -2.43. The van der Waals surface area contributed by atoms with Crippen LogP contribution < -0.4 is 10.0 Å². The molecule has 5 rings (SSSR count). The summed E-state index contributed by atoms with van der Waals surface area (Å²) in [6.07, 6.45) is 3.00. The molecule has 5 aromatic rings. The molecule has 0 spiro atoms. The Hall–Kier alpha value is -3.69. The molecular formula is C28H19BrCl2FN5O5S2. The smallest absolute Gasteiger partial charge is 0.329 e. The number of ether oxygens (including phenoxy) is 1. The maximum atomic E-state index is 13.9. The standard InChI is InChI=1S/C28H19BrCl2FN5O5S2/c29-18-9-15(6-7-21(18)32)10-24(28(39)42-14-16-3-2-8-33-13-16)34-27(38)17-11-19(30)20(31)12-23(17)37-44(40,41)25-5-1-4-22-26(25)36-43-35-22/h1-9,11-13,24,37H,10,14H2,(H,34,38)/t24-/m0/s1. The second-order valence-corrected chi connectivity index (χ2v) is 13.1. The molecule has 0 aliphatic heterocycles. The van der Waals surface area contributed by atoms with Crippen LogP contribution >= 0.6 is 50.9 Å². The number of nitrogens with one attached hydrogen (secondary N) is 2. The van der Waals surface area contributed by atoms with E-state index in [9.17, 15) is 22.4 Å². The second kappa shape index (κ2) is 13.5. The van der Waals surface area contributed by atoms with Gasteiger partial charge in [0, 0.05) is 24.4 Å². The van der Waals surface area contributed by atoms with Crippen molar-refractivity contribution in [3.05, 3.63) is 110 Å². The summed E-state index contributed by atoms with van der Waals surface area (Å²) >= 11 is 16.4. The number of carbonyl (C=O) groups is 2. The first kappa shape index (κ1) is 31.7. The molecule has 1 atom stereocenters. The average molecular weight is 739 g/mol. The monoisotopic (exact) mass is 737 g/mol. The molecule has 44 heavy (non-hydrogen) atoms. The van der Waals surface area contributed by atoms with E-state index in [1.165, 1.54) is 48.7 Å². The third-order valence-corrected chi connectivity index (χ3v) is 9.47. The van der Waals surface area contributed by atoms with Gasteiger partial charge in [-0.25, -0.2) is 17.6 Å². The van der Waals surface area contributed by atoms with Gasteiger partial charge in [0.15, 0.2) is 0 Å². The highest BCUT2D eigenvalue weighted by atomic mass is 79.9. The van der Waals surface area contributed by atoms with Gasteiger partial charge in [-0.2, -0.15) is 8.75 Å². The Labute approximate surface area is 273 Å². The van der Waals surface area contributed by atoms with Crippen molar-refractivity contribution < 1.29 is 27.1 Å². The number of halogens is 4. The minimum Gasteiger partial charge on any atom is -0.459 e. The van der Waals surface area contributed by atoms with Crippen molar-refractivity contribution in [1.82, 2.24) is 19.0 Å². The van der Waals surface area contributed by atoms with Gasteiger partial charge in [0.25, 0.3) is 15.9 Å². The van der Waals surface area contributed by atoms with Gasteiger partial charge < -0.3 is 10.1 Å². The van der Waals surface area contributed by atoms with Gasteiger partial charge in [0.1, 0.15) is 34.4 Å². The van der Waals surface area contributed by atoms with Gasteiger partial charge in [-0.1, -0.05) is 41.4 Å². The Kier molecular flexibility index (Phi) is 9.75. The largest absolute Gasteiger partial charge is 0.459 e. The van der Waals surface area contributed by atoms with Crippen molar-refractivity contribution in [2.75, 3.05) is 4.72 Å². The molecule has 2 aromatic heterocycles. The number of carbonyl (C=O) groups excluding carboxylic acids is 2.